The molecule has 1 fully saturated rings. The standard InChI is InChI=1S/C26H30O10/c1-15(28)34-23-22(30)21(14-27)35-26(32)24(23)36-25(31)18(10-8-16-6-4-3-5-7-16)12-17-9-11-19(29)20(13-17)33-2/h3-7,9,11-13,21-24,26-27,29-30,32H,8,10,14H2,1-2H3/b18-12+/t21-,22-,23+,24+,26+/m0/s1. The zero-order valence-corrected chi connectivity index (χ0v) is 19.9. The van der Waals surface area contributed by atoms with Crippen LogP contribution in [0.2, 0.25) is 0 Å². The Bertz CT molecular complexity index is 1070. The molecule has 0 amide bonds. The zero-order valence-electron chi connectivity index (χ0n) is 19.9. The fourth-order valence-corrected chi connectivity index (χ4v) is 3.85. The maximum atomic E-state index is 13.3. The molecule has 2 aromatic rings. The van der Waals surface area contributed by atoms with Gasteiger partial charge < -0.3 is 39.4 Å². The van der Waals surface area contributed by atoms with Gasteiger partial charge in [-0.25, -0.2) is 4.79 Å². The predicted molar refractivity (Wildman–Crippen MR) is 127 cm³/mol. The normalized spacial score (nSPS) is 24.1. The number of ether oxygens (including phenoxy) is 4. The Balaban J connectivity index is 1.89. The summed E-state index contributed by atoms with van der Waals surface area (Å²) < 4.78 is 20.9. The summed E-state index contributed by atoms with van der Waals surface area (Å²) in [6.45, 7) is 0.451. The molecule has 0 radical (unpaired) electrons. The van der Waals surface area contributed by atoms with Gasteiger partial charge in [0.05, 0.1) is 13.7 Å². The van der Waals surface area contributed by atoms with Crippen LogP contribution in [-0.4, -0.2) is 76.8 Å². The maximum absolute atomic E-state index is 13.3. The first-order chi connectivity index (χ1) is 17.2. The Kier molecular flexibility index (Phi) is 9.43. The topological polar surface area (TPSA) is 152 Å². The number of phenols is 1. The summed E-state index contributed by atoms with van der Waals surface area (Å²) in [7, 11) is 1.40. The molecular weight excluding hydrogens is 472 g/mol. The van der Waals surface area contributed by atoms with Crippen LogP contribution in [0.1, 0.15) is 24.5 Å². The van der Waals surface area contributed by atoms with Crippen molar-refractivity contribution in [1.82, 2.24) is 0 Å². The molecule has 1 aliphatic heterocycles. The number of aromatic hydroxyl groups is 1. The third-order valence-corrected chi connectivity index (χ3v) is 5.69. The van der Waals surface area contributed by atoms with Gasteiger partial charge in [-0.3, -0.25) is 4.79 Å². The van der Waals surface area contributed by atoms with Crippen LogP contribution in [-0.2, 0) is 30.2 Å². The highest BCUT2D eigenvalue weighted by molar-refractivity contribution is 5.94. The smallest absolute Gasteiger partial charge is 0.334 e. The molecule has 0 saturated carbocycles. The largest absolute Gasteiger partial charge is 0.504 e. The van der Waals surface area contributed by atoms with E-state index in [2.05, 4.69) is 0 Å². The summed E-state index contributed by atoms with van der Waals surface area (Å²) in [6.07, 6.45) is -5.26. The summed E-state index contributed by atoms with van der Waals surface area (Å²) in [5.74, 6) is -1.47. The minimum absolute atomic E-state index is 0.0674. The lowest BCUT2D eigenvalue weighted by atomic mass is 9.98. The van der Waals surface area contributed by atoms with Crippen LogP contribution in [0.25, 0.3) is 6.08 Å². The van der Waals surface area contributed by atoms with Crippen molar-refractivity contribution < 1.29 is 49.0 Å². The number of esters is 2. The first-order valence-corrected chi connectivity index (χ1v) is 11.4. The van der Waals surface area contributed by atoms with Gasteiger partial charge >= 0.3 is 11.9 Å². The van der Waals surface area contributed by atoms with E-state index in [1.165, 1.54) is 13.2 Å². The molecule has 1 aliphatic rings. The molecule has 10 heteroatoms. The Morgan fingerprint density at radius 3 is 2.42 bits per heavy atom. The minimum atomic E-state index is -1.76. The molecule has 10 nitrogen and oxygen atoms in total. The first kappa shape index (κ1) is 27.2. The number of aliphatic hydroxyl groups excluding tert-OH is 3. The van der Waals surface area contributed by atoms with E-state index in [1.54, 1.807) is 18.2 Å². The first-order valence-electron chi connectivity index (χ1n) is 11.4. The predicted octanol–water partition coefficient (Wildman–Crippen LogP) is 1.33. The van der Waals surface area contributed by atoms with Crippen molar-refractivity contribution in [2.45, 2.75) is 50.5 Å². The van der Waals surface area contributed by atoms with Crippen molar-refractivity contribution in [2.75, 3.05) is 13.7 Å². The highest BCUT2D eigenvalue weighted by Gasteiger charge is 2.49. The van der Waals surface area contributed by atoms with Crippen molar-refractivity contribution in [2.24, 2.45) is 0 Å². The van der Waals surface area contributed by atoms with Crippen molar-refractivity contribution in [3.05, 3.63) is 65.2 Å². The van der Waals surface area contributed by atoms with Crippen molar-refractivity contribution in [3.8, 4) is 11.5 Å². The van der Waals surface area contributed by atoms with Crippen LogP contribution < -0.4 is 4.74 Å². The molecule has 3 rings (SSSR count). The average Bonchev–Trinajstić information content (AvgIpc) is 2.87. The number of benzene rings is 2. The van der Waals surface area contributed by atoms with E-state index in [0.717, 1.165) is 12.5 Å². The monoisotopic (exact) mass is 502 g/mol. The molecule has 36 heavy (non-hydrogen) atoms. The Labute approximate surface area is 208 Å². The van der Waals surface area contributed by atoms with Crippen LogP contribution in [0, 0.1) is 0 Å². The fourth-order valence-electron chi connectivity index (χ4n) is 3.85. The molecule has 1 heterocycles. The van der Waals surface area contributed by atoms with Gasteiger partial charge in [0.1, 0.15) is 12.2 Å². The SMILES string of the molecule is COc1cc(/C=C(\CCc2ccccc2)C(=O)O[C@@H]2[C@H](OC(C)=O)[C@@H](O)[C@H](CO)O[C@H]2O)ccc1O. The Hall–Kier alpha value is -3.44. The van der Waals surface area contributed by atoms with Crippen molar-refractivity contribution in [3.63, 3.8) is 0 Å². The van der Waals surface area contributed by atoms with Gasteiger partial charge in [0, 0.05) is 12.5 Å². The van der Waals surface area contributed by atoms with Gasteiger partial charge in [-0.15, -0.1) is 0 Å². The molecule has 4 N–H and O–H groups in total. The number of aryl methyl sites for hydroxylation is 1. The molecule has 0 aromatic heterocycles. The number of carbonyl (C=O) groups is 2. The van der Waals surface area contributed by atoms with Gasteiger partial charge in [0.15, 0.2) is 30.0 Å². The zero-order chi connectivity index (χ0) is 26.2. The summed E-state index contributed by atoms with van der Waals surface area (Å²) in [5.41, 5.74) is 1.72. The Morgan fingerprint density at radius 1 is 1.06 bits per heavy atom. The summed E-state index contributed by atoms with van der Waals surface area (Å²) >= 11 is 0. The summed E-state index contributed by atoms with van der Waals surface area (Å²) in [4.78, 5) is 24.9. The van der Waals surface area contributed by atoms with E-state index >= 15 is 0 Å². The van der Waals surface area contributed by atoms with Gasteiger partial charge in [0.2, 0.25) is 0 Å². The van der Waals surface area contributed by atoms with Crippen molar-refractivity contribution in [1.29, 1.82) is 0 Å². The minimum Gasteiger partial charge on any atom is -0.504 e. The number of methoxy groups -OCH3 is 1. The number of phenolic OH excluding ortho intramolecular Hbond substituents is 1. The van der Waals surface area contributed by atoms with Crippen LogP contribution in [0.15, 0.2) is 54.1 Å². The molecule has 1 saturated heterocycles. The maximum Gasteiger partial charge on any atom is 0.334 e. The number of hydrogen-bond donors (Lipinski definition) is 4. The van der Waals surface area contributed by atoms with Crippen LogP contribution in [0.5, 0.6) is 11.5 Å². The summed E-state index contributed by atoms with van der Waals surface area (Å²) in [5, 5.41) is 40.2. The molecular formula is C26H30O10. The van der Waals surface area contributed by atoms with Crippen LogP contribution in [0.3, 0.4) is 0 Å². The second-order valence-corrected chi connectivity index (χ2v) is 8.27. The lowest BCUT2D eigenvalue weighted by Gasteiger charge is -2.41. The Morgan fingerprint density at radius 2 is 1.78 bits per heavy atom. The quantitative estimate of drug-likeness (QED) is 0.292. The molecule has 5 atom stereocenters. The van der Waals surface area contributed by atoms with Gasteiger partial charge in [-0.2, -0.15) is 0 Å². The highest BCUT2D eigenvalue weighted by atomic mass is 16.7. The average molecular weight is 503 g/mol. The van der Waals surface area contributed by atoms with Gasteiger partial charge in [-0.1, -0.05) is 36.4 Å². The van der Waals surface area contributed by atoms with E-state index in [-0.39, 0.29) is 23.5 Å². The van der Waals surface area contributed by atoms with E-state index in [0.29, 0.717) is 12.0 Å². The third-order valence-electron chi connectivity index (χ3n) is 5.69. The lowest BCUT2D eigenvalue weighted by molar-refractivity contribution is -0.292. The number of aliphatic hydroxyl groups is 3. The molecule has 0 aliphatic carbocycles. The molecule has 0 bridgehead atoms. The third kappa shape index (κ3) is 6.82. The number of hydrogen-bond acceptors (Lipinski definition) is 10. The number of rotatable bonds is 9. The van der Waals surface area contributed by atoms with E-state index in [9.17, 15) is 30.0 Å². The molecule has 0 unspecified atom stereocenters. The van der Waals surface area contributed by atoms with Crippen LogP contribution >= 0.6 is 0 Å². The van der Waals surface area contributed by atoms with E-state index < -0.39 is 49.3 Å². The summed E-state index contributed by atoms with van der Waals surface area (Å²) in [6, 6.07) is 14.0. The van der Waals surface area contributed by atoms with E-state index in [4.69, 9.17) is 18.9 Å². The fraction of sp³-hybridized carbons (Fsp3) is 0.385. The molecule has 2 aromatic carbocycles. The molecule has 0 spiro atoms. The highest BCUT2D eigenvalue weighted by Crippen LogP contribution is 2.29. The lowest BCUT2D eigenvalue weighted by Crippen LogP contribution is -2.61. The second-order valence-electron chi connectivity index (χ2n) is 8.27. The van der Waals surface area contributed by atoms with Gasteiger partial charge in [0.25, 0.3) is 0 Å². The van der Waals surface area contributed by atoms with Crippen LogP contribution in [0.4, 0.5) is 0 Å². The second kappa shape index (κ2) is 12.5. The molecule has 194 valence electrons. The van der Waals surface area contributed by atoms with Crippen molar-refractivity contribution >= 4 is 18.0 Å². The number of carbonyl (C=O) groups excluding carboxylic acids is 2. The van der Waals surface area contributed by atoms with E-state index in [1.807, 2.05) is 30.3 Å². The van der Waals surface area contributed by atoms with Gasteiger partial charge in [-0.05, 0) is 42.2 Å².